The van der Waals surface area contributed by atoms with Crippen molar-refractivity contribution in [3.8, 4) is 0 Å². The molecule has 1 fully saturated rings. The number of aromatic nitrogens is 2. The van der Waals surface area contributed by atoms with Gasteiger partial charge >= 0.3 is 11.8 Å². The molecule has 2 N–H and O–H groups in total. The van der Waals surface area contributed by atoms with Crippen molar-refractivity contribution in [2.45, 2.75) is 58.4 Å². The number of carbonyl (C=O) groups excluding carboxylic acids is 2. The first-order valence-corrected chi connectivity index (χ1v) is 11.9. The Morgan fingerprint density at radius 3 is 2.72 bits per heavy atom. The number of hydrogen-bond donors (Lipinski definition) is 2. The summed E-state index contributed by atoms with van der Waals surface area (Å²) in [7, 11) is 0. The summed E-state index contributed by atoms with van der Waals surface area (Å²) in [5, 5.41) is 5.77. The van der Waals surface area contributed by atoms with Crippen molar-refractivity contribution >= 4 is 28.4 Å². The van der Waals surface area contributed by atoms with Gasteiger partial charge < -0.3 is 15.5 Å². The van der Waals surface area contributed by atoms with Crippen LogP contribution in [0.1, 0.15) is 51.3 Å². The van der Waals surface area contributed by atoms with Gasteiger partial charge in [0.15, 0.2) is 0 Å². The van der Waals surface area contributed by atoms with Crippen molar-refractivity contribution < 1.29 is 9.59 Å². The number of amides is 2. The monoisotopic (exact) mass is 439 g/mol. The highest BCUT2D eigenvalue weighted by atomic mass is 16.2. The summed E-state index contributed by atoms with van der Waals surface area (Å²) in [5.41, 5.74) is 0.963. The maximum absolute atomic E-state index is 12.9. The Balaban J connectivity index is 1.32. The van der Waals surface area contributed by atoms with Crippen LogP contribution in [0.3, 0.4) is 0 Å². The second-order valence-corrected chi connectivity index (χ2v) is 9.12. The minimum atomic E-state index is -0.723. The summed E-state index contributed by atoms with van der Waals surface area (Å²) >= 11 is 0. The van der Waals surface area contributed by atoms with Gasteiger partial charge in [-0.1, -0.05) is 13.3 Å². The maximum Gasteiger partial charge on any atom is 0.313 e. The van der Waals surface area contributed by atoms with E-state index in [0.717, 1.165) is 63.5 Å². The standard InChI is InChI=1S/C24H33N5O3/c1-17-9-14-28(15-10-17)12-5-11-25-22(30)23(31)26-18-7-8-20-19(16-18)24(32)29-13-4-2-3-6-21(29)27-20/h7-8,16-17H,2-6,9-15H2,1H3,(H,25,30)(H,26,31). The normalized spacial score (nSPS) is 17.5. The Hall–Kier alpha value is -2.74. The molecule has 172 valence electrons. The molecule has 2 aliphatic rings. The lowest BCUT2D eigenvalue weighted by molar-refractivity contribution is -0.136. The van der Waals surface area contributed by atoms with Crippen LogP contribution in [0.15, 0.2) is 23.0 Å². The van der Waals surface area contributed by atoms with Crippen LogP contribution < -0.4 is 16.2 Å². The van der Waals surface area contributed by atoms with Crippen LogP contribution in [0.5, 0.6) is 0 Å². The zero-order valence-electron chi connectivity index (χ0n) is 18.9. The van der Waals surface area contributed by atoms with Gasteiger partial charge in [0, 0.05) is 25.2 Å². The Morgan fingerprint density at radius 2 is 1.91 bits per heavy atom. The molecule has 1 aromatic carbocycles. The highest BCUT2D eigenvalue weighted by molar-refractivity contribution is 6.39. The molecule has 32 heavy (non-hydrogen) atoms. The molecule has 0 bridgehead atoms. The van der Waals surface area contributed by atoms with E-state index in [1.165, 1.54) is 12.8 Å². The van der Waals surface area contributed by atoms with Crippen LogP contribution in [0, 0.1) is 5.92 Å². The molecule has 3 heterocycles. The molecule has 0 atom stereocenters. The van der Waals surface area contributed by atoms with E-state index in [1.807, 2.05) is 0 Å². The van der Waals surface area contributed by atoms with Crippen LogP contribution in [-0.2, 0) is 22.6 Å². The molecule has 2 amide bonds. The fourth-order valence-corrected chi connectivity index (χ4v) is 4.55. The third-order valence-corrected chi connectivity index (χ3v) is 6.59. The van der Waals surface area contributed by atoms with Crippen LogP contribution in [0.2, 0.25) is 0 Å². The molecule has 2 aliphatic heterocycles. The van der Waals surface area contributed by atoms with E-state index < -0.39 is 11.8 Å². The van der Waals surface area contributed by atoms with E-state index in [-0.39, 0.29) is 5.56 Å². The van der Waals surface area contributed by atoms with E-state index >= 15 is 0 Å². The van der Waals surface area contributed by atoms with Crippen LogP contribution in [0.25, 0.3) is 10.9 Å². The molecule has 8 heteroatoms. The number of benzene rings is 1. The lowest BCUT2D eigenvalue weighted by Crippen LogP contribution is -2.38. The average molecular weight is 440 g/mol. The van der Waals surface area contributed by atoms with Crippen molar-refractivity contribution in [3.05, 3.63) is 34.4 Å². The molecule has 1 aromatic heterocycles. The molecule has 0 spiro atoms. The molecule has 0 unspecified atom stereocenters. The van der Waals surface area contributed by atoms with E-state index in [2.05, 4.69) is 27.4 Å². The fourth-order valence-electron chi connectivity index (χ4n) is 4.55. The lowest BCUT2D eigenvalue weighted by Gasteiger charge is -2.30. The van der Waals surface area contributed by atoms with Gasteiger partial charge in [0.05, 0.1) is 10.9 Å². The van der Waals surface area contributed by atoms with Gasteiger partial charge in [0.1, 0.15) is 5.82 Å². The van der Waals surface area contributed by atoms with Gasteiger partial charge in [0.25, 0.3) is 5.56 Å². The second kappa shape index (κ2) is 10.3. The average Bonchev–Trinajstić information content (AvgIpc) is 3.04. The zero-order valence-corrected chi connectivity index (χ0v) is 18.9. The quantitative estimate of drug-likeness (QED) is 0.551. The Kier molecular flexibility index (Phi) is 7.19. The number of hydrogen-bond acceptors (Lipinski definition) is 5. The van der Waals surface area contributed by atoms with E-state index in [0.29, 0.717) is 29.7 Å². The van der Waals surface area contributed by atoms with Crippen LogP contribution in [-0.4, -0.2) is 52.4 Å². The topological polar surface area (TPSA) is 96.3 Å². The first-order valence-electron chi connectivity index (χ1n) is 11.9. The molecular formula is C24H33N5O3. The summed E-state index contributed by atoms with van der Waals surface area (Å²) in [5.74, 6) is 0.245. The number of anilines is 1. The predicted octanol–water partition coefficient (Wildman–Crippen LogP) is 2.30. The van der Waals surface area contributed by atoms with Crippen LogP contribution in [0.4, 0.5) is 5.69 Å². The Morgan fingerprint density at radius 1 is 1.09 bits per heavy atom. The molecule has 4 rings (SSSR count). The number of rotatable bonds is 5. The van der Waals surface area contributed by atoms with Gasteiger partial charge in [-0.2, -0.15) is 0 Å². The second-order valence-electron chi connectivity index (χ2n) is 9.12. The Bertz CT molecular complexity index is 1040. The third kappa shape index (κ3) is 5.35. The summed E-state index contributed by atoms with van der Waals surface area (Å²) in [6.45, 7) is 6.57. The number of nitrogens with zero attached hydrogens (tertiary/aromatic N) is 3. The van der Waals surface area contributed by atoms with E-state index in [1.54, 1.807) is 22.8 Å². The van der Waals surface area contributed by atoms with Crippen molar-refractivity contribution in [3.63, 3.8) is 0 Å². The summed E-state index contributed by atoms with van der Waals surface area (Å²) in [4.78, 5) is 44.5. The number of aryl methyl sites for hydroxylation is 1. The number of nitrogens with one attached hydrogen (secondary N) is 2. The van der Waals surface area contributed by atoms with E-state index in [9.17, 15) is 14.4 Å². The molecule has 2 aromatic rings. The minimum absolute atomic E-state index is 0.0837. The maximum atomic E-state index is 12.9. The molecule has 0 saturated carbocycles. The van der Waals surface area contributed by atoms with Gasteiger partial charge in [-0.25, -0.2) is 4.98 Å². The van der Waals surface area contributed by atoms with Gasteiger partial charge in [-0.3, -0.25) is 19.0 Å². The Labute approximate surface area is 188 Å². The number of fused-ring (bicyclic) bond motifs is 2. The van der Waals surface area contributed by atoms with Gasteiger partial charge in [0.2, 0.25) is 0 Å². The van der Waals surface area contributed by atoms with Crippen LogP contribution >= 0.6 is 0 Å². The van der Waals surface area contributed by atoms with E-state index in [4.69, 9.17) is 0 Å². The molecule has 0 aliphatic carbocycles. The molecule has 8 nitrogen and oxygen atoms in total. The van der Waals surface area contributed by atoms with Gasteiger partial charge in [-0.15, -0.1) is 0 Å². The SMILES string of the molecule is CC1CCN(CCCNC(=O)C(=O)Nc2ccc3nc4n(c(=O)c3c2)CCCCC4)CC1. The highest BCUT2D eigenvalue weighted by Gasteiger charge is 2.18. The minimum Gasteiger partial charge on any atom is -0.348 e. The van der Waals surface area contributed by atoms with Crippen molar-refractivity contribution in [2.24, 2.45) is 5.92 Å². The largest absolute Gasteiger partial charge is 0.348 e. The lowest BCUT2D eigenvalue weighted by atomic mass is 9.99. The highest BCUT2D eigenvalue weighted by Crippen LogP contribution is 2.18. The zero-order chi connectivity index (χ0) is 22.5. The molecule has 0 radical (unpaired) electrons. The first-order chi connectivity index (χ1) is 15.5. The predicted molar refractivity (Wildman–Crippen MR) is 125 cm³/mol. The van der Waals surface area contributed by atoms with Gasteiger partial charge in [-0.05, 0) is 75.9 Å². The molecular weight excluding hydrogens is 406 g/mol. The number of piperidine rings is 1. The summed E-state index contributed by atoms with van der Waals surface area (Å²) in [6.07, 6.45) is 7.17. The van der Waals surface area contributed by atoms with Crippen molar-refractivity contribution in [1.29, 1.82) is 0 Å². The molecule has 1 saturated heterocycles. The fraction of sp³-hybridized carbons (Fsp3) is 0.583. The number of likely N-dealkylation sites (tertiary alicyclic amines) is 1. The van der Waals surface area contributed by atoms with Crippen molar-refractivity contribution in [2.75, 3.05) is 31.5 Å². The first kappa shape index (κ1) is 22.5. The number of carbonyl (C=O) groups is 2. The summed E-state index contributed by atoms with van der Waals surface area (Å²) in [6, 6.07) is 5.03. The van der Waals surface area contributed by atoms with Crippen molar-refractivity contribution in [1.82, 2.24) is 19.8 Å². The summed E-state index contributed by atoms with van der Waals surface area (Å²) < 4.78 is 1.75. The third-order valence-electron chi connectivity index (χ3n) is 6.59. The smallest absolute Gasteiger partial charge is 0.313 e.